The van der Waals surface area contributed by atoms with Crippen LogP contribution in [0.25, 0.3) is 0 Å². The van der Waals surface area contributed by atoms with Gasteiger partial charge in [-0.3, -0.25) is 0 Å². The molecule has 0 radical (unpaired) electrons. The van der Waals surface area contributed by atoms with Crippen molar-refractivity contribution in [3.63, 3.8) is 0 Å². The number of hydrogen-bond donors (Lipinski definition) is 2. The average Bonchev–Trinajstić information content (AvgIpc) is 1.31. The molecule has 0 aromatic heterocycles. The van der Waals surface area contributed by atoms with Gasteiger partial charge >= 0.3 is 6.30 Å². The Morgan fingerprint density at radius 1 is 1.43 bits per heavy atom. The lowest BCUT2D eigenvalue weighted by atomic mass is 11.2. The van der Waals surface area contributed by atoms with E-state index in [4.69, 9.17) is 10.4 Å². The third-order valence-corrected chi connectivity index (χ3v) is 0.243. The van der Waals surface area contributed by atoms with Gasteiger partial charge in [-0.15, -0.1) is 18.4 Å². The molecule has 0 rings (SSSR count). The summed E-state index contributed by atoms with van der Waals surface area (Å²) in [7, 11) is 0. The molecule has 2 N–H and O–H groups in total. The maximum absolute atomic E-state index is 10.6. The molecule has 0 aliphatic carbocycles. The molecule has 3 nitrogen and oxygen atoms in total. The molecule has 0 aromatic carbocycles. The summed E-state index contributed by atoms with van der Waals surface area (Å²) in [6, 6.07) is 0. The van der Waals surface area contributed by atoms with Gasteiger partial charge in [-0.05, 0) is 0 Å². The fourth-order valence-electron chi connectivity index (χ4n) is 0. The minimum atomic E-state index is -5.08. The molecule has 0 spiro atoms. The third-order valence-electron chi connectivity index (χ3n) is 0.243. The van der Waals surface area contributed by atoms with E-state index in [0.29, 0.717) is 0 Å². The molecule has 0 aliphatic heterocycles. The van der Waals surface area contributed by atoms with Crippen LogP contribution < -0.4 is 5.23 Å². The number of quaternary nitrogens is 1. The molecule has 0 aliphatic rings. The second-order valence-electron chi connectivity index (χ2n) is 0.803. The zero-order valence-corrected chi connectivity index (χ0v) is 2.99. The first kappa shape index (κ1) is 6.67. The quantitative estimate of drug-likeness (QED) is 0.325. The normalized spacial score (nSPS) is 16.7. The summed E-state index contributed by atoms with van der Waals surface area (Å²) in [6.45, 7) is 0. The molecule has 0 bridgehead atoms. The summed E-state index contributed by atoms with van der Waals surface area (Å²) in [5, 5.41) is 13.3. The van der Waals surface area contributed by atoms with Crippen molar-refractivity contribution >= 4 is 0 Å². The summed E-state index contributed by atoms with van der Waals surface area (Å²) in [5.74, 6) is 0. The number of alkyl halides is 3. The Labute approximate surface area is 36.5 Å². The van der Waals surface area contributed by atoms with Crippen molar-refractivity contribution in [2.75, 3.05) is 0 Å². The van der Waals surface area contributed by atoms with Gasteiger partial charge in [-0.25, -0.2) is 5.21 Å². The lowest BCUT2D eigenvalue weighted by molar-refractivity contribution is -1.13. The van der Waals surface area contributed by atoms with E-state index in [9.17, 15) is 13.2 Å². The first-order valence-electron chi connectivity index (χ1n) is 1.24. The number of hydroxylamine groups is 2. The van der Waals surface area contributed by atoms with Gasteiger partial charge in [0.1, 0.15) is 0 Å². The van der Waals surface area contributed by atoms with Gasteiger partial charge in [0.05, 0.1) is 0 Å². The highest BCUT2D eigenvalue weighted by Gasteiger charge is 2.37. The molecule has 0 amide bonds. The Hall–Kier alpha value is -0.330. The molecular weight excluding hydrogens is 115 g/mol. The second kappa shape index (κ2) is 1.65. The molecule has 7 heavy (non-hydrogen) atoms. The van der Waals surface area contributed by atoms with Crippen LogP contribution in [0.1, 0.15) is 0 Å². The van der Waals surface area contributed by atoms with Crippen LogP contribution in [0.15, 0.2) is 0 Å². The predicted molar refractivity (Wildman–Crippen MR) is 12.2 cm³/mol. The highest BCUT2D eigenvalue weighted by Crippen LogP contribution is 2.01. The number of rotatable bonds is 0. The molecule has 0 fully saturated rings. The topological polar surface area (TPSA) is 47.7 Å². The summed E-state index contributed by atoms with van der Waals surface area (Å²) in [4.78, 5) is 0. The molecule has 0 heterocycles. The van der Waals surface area contributed by atoms with Crippen LogP contribution in [0.3, 0.4) is 0 Å². The Morgan fingerprint density at radius 3 is 1.57 bits per heavy atom. The number of nitrogens with one attached hydrogen (secondary N) is 1. The molecule has 0 saturated carbocycles. The van der Waals surface area contributed by atoms with Crippen LogP contribution in [0, 0.1) is 5.21 Å². The minimum Gasteiger partial charge on any atom is -0.593 e. The smallest absolute Gasteiger partial charge is 0.590 e. The first-order chi connectivity index (χ1) is 2.94. The summed E-state index contributed by atoms with van der Waals surface area (Å²) >= 11 is 0. The Balaban J connectivity index is 3.54. The van der Waals surface area contributed by atoms with E-state index in [1.165, 1.54) is 0 Å². The molecule has 6 heteroatoms. The van der Waals surface area contributed by atoms with Crippen LogP contribution in [0.2, 0.25) is 0 Å². The molecule has 0 aromatic rings. The molecular formula is CH2F3NO2. The van der Waals surface area contributed by atoms with Crippen molar-refractivity contribution in [1.82, 2.24) is 0 Å². The summed E-state index contributed by atoms with van der Waals surface area (Å²) < 4.78 is 31.7. The summed E-state index contributed by atoms with van der Waals surface area (Å²) in [6.07, 6.45) is -5.08. The second-order valence-corrected chi connectivity index (χ2v) is 0.803. The fourth-order valence-corrected chi connectivity index (χ4v) is 0. The maximum atomic E-state index is 10.6. The van der Waals surface area contributed by atoms with Gasteiger partial charge in [0.2, 0.25) is 0 Å². The Kier molecular flexibility index (Phi) is 1.57. The van der Waals surface area contributed by atoms with Crippen LogP contribution in [-0.4, -0.2) is 11.5 Å². The molecule has 0 saturated heterocycles. The zero-order valence-electron chi connectivity index (χ0n) is 2.99. The summed E-state index contributed by atoms with van der Waals surface area (Å²) in [5.41, 5.74) is 0. The van der Waals surface area contributed by atoms with Gasteiger partial charge in [0.15, 0.2) is 0 Å². The van der Waals surface area contributed by atoms with Gasteiger partial charge in [-0.1, -0.05) is 0 Å². The van der Waals surface area contributed by atoms with Crippen LogP contribution in [-0.2, 0) is 0 Å². The monoisotopic (exact) mass is 117 g/mol. The predicted octanol–water partition coefficient (Wildman–Crippen LogP) is -0.722. The Morgan fingerprint density at radius 2 is 1.57 bits per heavy atom. The van der Waals surface area contributed by atoms with Crippen LogP contribution in [0.4, 0.5) is 13.2 Å². The van der Waals surface area contributed by atoms with E-state index in [-0.39, 0.29) is 0 Å². The van der Waals surface area contributed by atoms with Crippen molar-refractivity contribution < 1.29 is 23.6 Å². The molecule has 1 atom stereocenters. The van der Waals surface area contributed by atoms with Crippen molar-refractivity contribution in [3.05, 3.63) is 5.21 Å². The molecule has 1 unspecified atom stereocenters. The number of halogens is 3. The van der Waals surface area contributed by atoms with Gasteiger partial charge in [-0.2, -0.15) is 0 Å². The molecule has 44 valence electrons. The number of hydrogen-bond acceptors (Lipinski definition) is 2. The van der Waals surface area contributed by atoms with E-state index in [1.807, 2.05) is 0 Å². The lowest BCUT2D eigenvalue weighted by Crippen LogP contribution is -3.11. The fraction of sp³-hybridized carbons (Fsp3) is 1.00. The van der Waals surface area contributed by atoms with E-state index in [2.05, 4.69) is 0 Å². The highest BCUT2D eigenvalue weighted by molar-refractivity contribution is 4.13. The van der Waals surface area contributed by atoms with Crippen molar-refractivity contribution in [2.24, 2.45) is 0 Å². The highest BCUT2D eigenvalue weighted by atomic mass is 19.4. The third kappa shape index (κ3) is 2.38. The zero-order chi connectivity index (χ0) is 6.08. The van der Waals surface area contributed by atoms with E-state index in [0.717, 1.165) is 0 Å². The van der Waals surface area contributed by atoms with Crippen LogP contribution in [0.5, 0.6) is 0 Å². The average molecular weight is 117 g/mol. The standard InChI is InChI=1S/CH2F3NO2/c2-1(3,4)5(6)7/h5-6H. The van der Waals surface area contributed by atoms with Crippen molar-refractivity contribution in [1.29, 1.82) is 0 Å². The van der Waals surface area contributed by atoms with Crippen molar-refractivity contribution in [3.8, 4) is 0 Å². The van der Waals surface area contributed by atoms with E-state index in [1.54, 1.807) is 0 Å². The SMILES string of the molecule is [O-][NH+](O)C(F)(F)F. The van der Waals surface area contributed by atoms with E-state index < -0.39 is 11.5 Å². The van der Waals surface area contributed by atoms with Gasteiger partial charge in [0, 0.05) is 0 Å². The lowest BCUT2D eigenvalue weighted by Gasteiger charge is -2.12. The van der Waals surface area contributed by atoms with E-state index >= 15 is 0 Å². The van der Waals surface area contributed by atoms with Crippen molar-refractivity contribution in [2.45, 2.75) is 6.30 Å². The van der Waals surface area contributed by atoms with Gasteiger partial charge < -0.3 is 5.21 Å². The largest absolute Gasteiger partial charge is 0.593 e. The van der Waals surface area contributed by atoms with Gasteiger partial charge in [0.25, 0.3) is 0 Å². The Bertz CT molecular complexity index is 58.4. The van der Waals surface area contributed by atoms with Crippen LogP contribution >= 0.6 is 0 Å². The maximum Gasteiger partial charge on any atom is 0.590 e. The minimum absolute atomic E-state index is 2.76. The first-order valence-corrected chi connectivity index (χ1v) is 1.24.